The Kier molecular flexibility index (Phi) is 6.86. The van der Waals surface area contributed by atoms with Gasteiger partial charge in [0, 0.05) is 11.8 Å². The van der Waals surface area contributed by atoms with Gasteiger partial charge in [-0.15, -0.1) is 0 Å². The first-order valence-electron chi connectivity index (χ1n) is 12.6. The summed E-state index contributed by atoms with van der Waals surface area (Å²) in [6, 6.07) is 24.8. The minimum Gasteiger partial charge on any atom is -0.466 e. The fourth-order valence-corrected chi connectivity index (χ4v) is 5.44. The van der Waals surface area contributed by atoms with E-state index < -0.39 is 0 Å². The van der Waals surface area contributed by atoms with Crippen molar-refractivity contribution in [2.24, 2.45) is 0 Å². The lowest BCUT2D eigenvalue weighted by molar-refractivity contribution is -0.144. The molecule has 0 saturated carbocycles. The first-order chi connectivity index (χ1) is 17.6. The number of benzene rings is 3. The third kappa shape index (κ3) is 4.64. The second-order valence-electron chi connectivity index (χ2n) is 9.16. The third-order valence-corrected chi connectivity index (χ3v) is 6.98. The van der Waals surface area contributed by atoms with Gasteiger partial charge in [0.15, 0.2) is 0 Å². The Morgan fingerprint density at radius 2 is 1.03 bits per heavy atom. The molecule has 0 spiro atoms. The van der Waals surface area contributed by atoms with E-state index in [-0.39, 0.29) is 23.8 Å². The molecule has 2 aliphatic rings. The zero-order chi connectivity index (χ0) is 25.1. The normalized spacial score (nSPS) is 17.6. The molecule has 3 aromatic rings. The van der Waals surface area contributed by atoms with Gasteiger partial charge in [-0.25, -0.2) is 0 Å². The molecular formula is C32H30O4. The zero-order valence-corrected chi connectivity index (χ0v) is 20.7. The van der Waals surface area contributed by atoms with Crippen molar-refractivity contribution < 1.29 is 19.1 Å². The lowest BCUT2D eigenvalue weighted by Gasteiger charge is -2.19. The molecule has 0 aliphatic heterocycles. The molecule has 0 heterocycles. The standard InChI is InChI=1S/C32H30O4/c1-3-35-31(33)19-29-25(21-11-7-5-8-12-21)15-23-18-28-24(17-27(23)29)16-26(22-13-9-6-10-14-22)30(28)20-32(34)36-4-2/h5-18,29-30H,3-4,19-20H2,1-2H3. The van der Waals surface area contributed by atoms with Crippen molar-refractivity contribution in [2.45, 2.75) is 38.5 Å². The number of carbonyl (C=O) groups excluding carboxylic acids is 2. The highest BCUT2D eigenvalue weighted by atomic mass is 16.5. The number of hydrogen-bond acceptors (Lipinski definition) is 4. The minimum absolute atomic E-state index is 0.0792. The number of ether oxygens (including phenoxy) is 2. The molecule has 0 amide bonds. The van der Waals surface area contributed by atoms with Gasteiger partial charge in [0.05, 0.1) is 26.1 Å². The second kappa shape index (κ2) is 10.4. The quantitative estimate of drug-likeness (QED) is 0.332. The zero-order valence-electron chi connectivity index (χ0n) is 20.7. The Hall–Kier alpha value is -3.92. The molecule has 0 saturated heterocycles. The van der Waals surface area contributed by atoms with Crippen LogP contribution in [0.4, 0.5) is 0 Å². The largest absolute Gasteiger partial charge is 0.466 e. The van der Waals surface area contributed by atoms with Gasteiger partial charge in [0.1, 0.15) is 0 Å². The number of esters is 2. The van der Waals surface area contributed by atoms with Crippen LogP contribution in [-0.2, 0) is 19.1 Å². The molecule has 4 heteroatoms. The van der Waals surface area contributed by atoms with E-state index in [1.165, 1.54) is 0 Å². The molecular weight excluding hydrogens is 448 g/mol. The average Bonchev–Trinajstić information content (AvgIpc) is 3.42. The molecule has 182 valence electrons. The van der Waals surface area contributed by atoms with E-state index in [0.29, 0.717) is 26.1 Å². The number of hydrogen-bond donors (Lipinski definition) is 0. The van der Waals surface area contributed by atoms with Crippen molar-refractivity contribution in [1.82, 2.24) is 0 Å². The first-order valence-corrected chi connectivity index (χ1v) is 12.6. The van der Waals surface area contributed by atoms with Gasteiger partial charge < -0.3 is 9.47 Å². The highest BCUT2D eigenvalue weighted by molar-refractivity contribution is 5.98. The van der Waals surface area contributed by atoms with E-state index in [9.17, 15) is 9.59 Å². The Morgan fingerprint density at radius 3 is 1.39 bits per heavy atom. The van der Waals surface area contributed by atoms with Gasteiger partial charge in [-0.05, 0) is 58.4 Å². The van der Waals surface area contributed by atoms with Crippen LogP contribution in [0.5, 0.6) is 0 Å². The van der Waals surface area contributed by atoms with E-state index in [4.69, 9.17) is 9.47 Å². The van der Waals surface area contributed by atoms with Gasteiger partial charge in [-0.2, -0.15) is 0 Å². The number of carbonyl (C=O) groups is 2. The Balaban J connectivity index is 1.58. The second-order valence-corrected chi connectivity index (χ2v) is 9.16. The van der Waals surface area contributed by atoms with Crippen molar-refractivity contribution in [3.8, 4) is 0 Å². The van der Waals surface area contributed by atoms with Gasteiger partial charge in [0.25, 0.3) is 0 Å². The highest BCUT2D eigenvalue weighted by Crippen LogP contribution is 2.50. The molecule has 2 unspecified atom stereocenters. The van der Waals surface area contributed by atoms with E-state index in [2.05, 4.69) is 48.6 Å². The van der Waals surface area contributed by atoms with E-state index in [0.717, 1.165) is 44.5 Å². The van der Waals surface area contributed by atoms with Gasteiger partial charge in [-0.3, -0.25) is 9.59 Å². The van der Waals surface area contributed by atoms with E-state index in [1.807, 2.05) is 50.2 Å². The summed E-state index contributed by atoms with van der Waals surface area (Å²) in [5.74, 6) is -0.550. The van der Waals surface area contributed by atoms with E-state index >= 15 is 0 Å². The average molecular weight is 479 g/mol. The van der Waals surface area contributed by atoms with E-state index in [1.54, 1.807) is 0 Å². The van der Waals surface area contributed by atoms with Gasteiger partial charge in [0.2, 0.25) is 0 Å². The molecule has 3 aromatic carbocycles. The van der Waals surface area contributed by atoms with Crippen LogP contribution in [0, 0.1) is 0 Å². The van der Waals surface area contributed by atoms with Crippen molar-refractivity contribution in [3.63, 3.8) is 0 Å². The predicted octanol–water partition coefficient (Wildman–Crippen LogP) is 6.87. The van der Waals surface area contributed by atoms with Crippen molar-refractivity contribution in [1.29, 1.82) is 0 Å². The molecule has 0 radical (unpaired) electrons. The van der Waals surface area contributed by atoms with Crippen LogP contribution in [0.25, 0.3) is 23.3 Å². The summed E-state index contributed by atoms with van der Waals surface area (Å²) in [6.07, 6.45) is 4.97. The Morgan fingerprint density at radius 1 is 0.639 bits per heavy atom. The van der Waals surface area contributed by atoms with Crippen LogP contribution in [-0.4, -0.2) is 25.2 Å². The van der Waals surface area contributed by atoms with Crippen LogP contribution >= 0.6 is 0 Å². The number of allylic oxidation sites excluding steroid dienone is 2. The maximum absolute atomic E-state index is 12.6. The molecule has 0 N–H and O–H groups in total. The molecule has 5 rings (SSSR count). The Bertz CT molecular complexity index is 1230. The summed E-state index contributed by atoms with van der Waals surface area (Å²) >= 11 is 0. The first kappa shape index (κ1) is 23.8. The minimum atomic E-state index is -0.196. The molecule has 2 atom stereocenters. The number of rotatable bonds is 8. The fraction of sp³-hybridized carbons (Fsp3) is 0.250. The molecule has 2 aliphatic carbocycles. The fourth-order valence-electron chi connectivity index (χ4n) is 5.44. The van der Waals surface area contributed by atoms with Crippen LogP contribution in [0.1, 0.15) is 71.9 Å². The van der Waals surface area contributed by atoms with Crippen LogP contribution in [0.15, 0.2) is 72.8 Å². The lowest BCUT2D eigenvalue weighted by atomic mass is 9.85. The van der Waals surface area contributed by atoms with Crippen molar-refractivity contribution in [2.75, 3.05) is 13.2 Å². The summed E-state index contributed by atoms with van der Waals surface area (Å²) in [5, 5.41) is 0. The monoisotopic (exact) mass is 478 g/mol. The molecule has 4 nitrogen and oxygen atoms in total. The van der Waals surface area contributed by atoms with Crippen LogP contribution in [0.3, 0.4) is 0 Å². The van der Waals surface area contributed by atoms with Crippen LogP contribution < -0.4 is 0 Å². The smallest absolute Gasteiger partial charge is 0.306 e. The van der Waals surface area contributed by atoms with Crippen molar-refractivity contribution >= 4 is 35.2 Å². The van der Waals surface area contributed by atoms with Gasteiger partial charge in [-0.1, -0.05) is 84.9 Å². The topological polar surface area (TPSA) is 52.6 Å². The van der Waals surface area contributed by atoms with Crippen molar-refractivity contribution in [3.05, 3.63) is 106 Å². The number of fused-ring (bicyclic) bond motifs is 2. The Labute approximate surface area is 212 Å². The highest BCUT2D eigenvalue weighted by Gasteiger charge is 2.34. The maximum atomic E-state index is 12.6. The summed E-state index contributed by atoms with van der Waals surface area (Å²) in [5.41, 5.74) is 8.89. The predicted molar refractivity (Wildman–Crippen MR) is 143 cm³/mol. The molecule has 0 aromatic heterocycles. The summed E-state index contributed by atoms with van der Waals surface area (Å²) in [7, 11) is 0. The summed E-state index contributed by atoms with van der Waals surface area (Å²) in [6.45, 7) is 4.40. The molecule has 0 bridgehead atoms. The third-order valence-electron chi connectivity index (χ3n) is 6.98. The molecule has 0 fully saturated rings. The lowest BCUT2D eigenvalue weighted by Crippen LogP contribution is -2.12. The summed E-state index contributed by atoms with van der Waals surface area (Å²) < 4.78 is 10.6. The van der Waals surface area contributed by atoms with Gasteiger partial charge >= 0.3 is 11.9 Å². The molecule has 36 heavy (non-hydrogen) atoms. The maximum Gasteiger partial charge on any atom is 0.306 e. The van der Waals surface area contributed by atoms with Crippen LogP contribution in [0.2, 0.25) is 0 Å². The SMILES string of the molecule is CCOC(=O)CC1C(c2ccccc2)=Cc2cc3c(cc21)C=C(c1ccccc1)C3CC(=O)OCC. The summed E-state index contributed by atoms with van der Waals surface area (Å²) in [4.78, 5) is 25.2.